The second-order valence-electron chi connectivity index (χ2n) is 5.12. The Morgan fingerprint density at radius 2 is 1.57 bits per heavy atom. The Morgan fingerprint density at radius 3 is 2.10 bits per heavy atom. The average Bonchev–Trinajstić information content (AvgIpc) is 2.54. The van der Waals surface area contributed by atoms with Crippen molar-refractivity contribution in [2.45, 2.75) is 26.2 Å². The van der Waals surface area contributed by atoms with Crippen molar-refractivity contribution in [2.24, 2.45) is 4.99 Å². The fraction of sp³-hybridized carbons (Fsp3) is 0.278. The quantitative estimate of drug-likeness (QED) is 0.574. The molecule has 0 saturated carbocycles. The van der Waals surface area contributed by atoms with Gasteiger partial charge in [0.1, 0.15) is 5.84 Å². The Morgan fingerprint density at radius 1 is 1.00 bits per heavy atom. The lowest BCUT2D eigenvalue weighted by molar-refractivity contribution is 0.477. The van der Waals surface area contributed by atoms with Crippen LogP contribution in [0.2, 0.25) is 0 Å². The van der Waals surface area contributed by atoms with E-state index in [4.69, 9.17) is 4.74 Å². The predicted octanol–water partition coefficient (Wildman–Crippen LogP) is 5.15. The monoisotopic (exact) mass is 280 g/mol. The van der Waals surface area contributed by atoms with Crippen molar-refractivity contribution in [1.29, 1.82) is 0 Å². The van der Waals surface area contributed by atoms with Crippen molar-refractivity contribution >= 4 is 17.2 Å². The van der Waals surface area contributed by atoms with Crippen LogP contribution in [0.15, 0.2) is 53.5 Å². The van der Waals surface area contributed by atoms with E-state index in [1.165, 1.54) is 0 Å². The van der Waals surface area contributed by atoms with E-state index in [1.54, 1.807) is 0 Å². The highest BCUT2D eigenvalue weighted by atomic mass is 16.5. The molecular weight excluding hydrogens is 260 g/mol. The number of nitrogens with zero attached hydrogens (tertiary/aromatic N) is 2. The smallest absolute Gasteiger partial charge is 0.151 e. The number of para-hydroxylation sites is 4. The fourth-order valence-electron chi connectivity index (χ4n) is 2.64. The molecule has 3 rings (SSSR count). The lowest BCUT2D eigenvalue weighted by Crippen LogP contribution is -2.28. The van der Waals surface area contributed by atoms with Gasteiger partial charge in [0, 0.05) is 13.5 Å². The summed E-state index contributed by atoms with van der Waals surface area (Å²) in [5.74, 6) is 2.85. The first-order chi connectivity index (χ1) is 10.3. The van der Waals surface area contributed by atoms with Crippen LogP contribution in [0, 0.1) is 0 Å². The van der Waals surface area contributed by atoms with E-state index in [-0.39, 0.29) is 0 Å². The molecule has 0 N–H and O–H groups in total. The molecule has 0 unspecified atom stereocenters. The Balaban J connectivity index is 2.10. The van der Waals surface area contributed by atoms with Gasteiger partial charge in [-0.25, -0.2) is 0 Å². The van der Waals surface area contributed by atoms with E-state index in [1.807, 2.05) is 43.4 Å². The molecule has 0 aromatic heterocycles. The maximum Gasteiger partial charge on any atom is 0.151 e. The summed E-state index contributed by atoms with van der Waals surface area (Å²) in [7, 11) is 1.87. The van der Waals surface area contributed by atoms with Crippen molar-refractivity contribution in [1.82, 2.24) is 0 Å². The first-order valence-electron chi connectivity index (χ1n) is 7.47. The van der Waals surface area contributed by atoms with Crippen LogP contribution in [0.25, 0.3) is 0 Å². The summed E-state index contributed by atoms with van der Waals surface area (Å²) in [4.78, 5) is 6.76. The van der Waals surface area contributed by atoms with Crippen LogP contribution in [-0.2, 0) is 0 Å². The van der Waals surface area contributed by atoms with Gasteiger partial charge >= 0.3 is 0 Å². The zero-order valence-corrected chi connectivity index (χ0v) is 12.5. The van der Waals surface area contributed by atoms with Crippen molar-refractivity contribution in [3.8, 4) is 11.5 Å². The molecule has 1 heterocycles. The van der Waals surface area contributed by atoms with E-state index < -0.39 is 0 Å². The summed E-state index contributed by atoms with van der Waals surface area (Å²) in [5.41, 5.74) is 2.13. The van der Waals surface area contributed by atoms with Crippen LogP contribution >= 0.6 is 0 Å². The maximum atomic E-state index is 6.01. The molecule has 21 heavy (non-hydrogen) atoms. The molecule has 0 bridgehead atoms. The van der Waals surface area contributed by atoms with Gasteiger partial charge in [-0.1, -0.05) is 37.6 Å². The highest BCUT2D eigenvalue weighted by molar-refractivity contribution is 6.07. The van der Waals surface area contributed by atoms with Crippen molar-refractivity contribution in [2.75, 3.05) is 11.9 Å². The van der Waals surface area contributed by atoms with Gasteiger partial charge < -0.3 is 4.74 Å². The zero-order valence-electron chi connectivity index (χ0n) is 12.5. The second-order valence-corrected chi connectivity index (χ2v) is 5.12. The van der Waals surface area contributed by atoms with Crippen LogP contribution in [0.1, 0.15) is 26.2 Å². The van der Waals surface area contributed by atoms with E-state index in [0.29, 0.717) is 0 Å². The normalized spacial score (nSPS) is 13.4. The number of hydrogen-bond donors (Lipinski definition) is 0. The molecular formula is C18H20N2O. The van der Waals surface area contributed by atoms with Gasteiger partial charge in [0.15, 0.2) is 11.5 Å². The Bertz CT molecular complexity index is 618. The summed E-state index contributed by atoms with van der Waals surface area (Å²) in [5, 5.41) is 0. The Kier molecular flexibility index (Phi) is 3.91. The molecule has 0 atom stereocenters. The highest BCUT2D eigenvalue weighted by Gasteiger charge is 2.26. The summed E-state index contributed by atoms with van der Waals surface area (Å²) >= 11 is 0. The van der Waals surface area contributed by atoms with Gasteiger partial charge in [-0.15, -0.1) is 0 Å². The van der Waals surface area contributed by atoms with Gasteiger partial charge in [0.25, 0.3) is 0 Å². The van der Waals surface area contributed by atoms with Crippen molar-refractivity contribution in [3.63, 3.8) is 0 Å². The maximum absolute atomic E-state index is 6.01. The molecule has 0 spiro atoms. The van der Waals surface area contributed by atoms with Crippen molar-refractivity contribution < 1.29 is 4.74 Å². The fourth-order valence-corrected chi connectivity index (χ4v) is 2.64. The number of aliphatic imine (C=N–C) groups is 1. The molecule has 3 heteroatoms. The number of rotatable bonds is 3. The van der Waals surface area contributed by atoms with Crippen molar-refractivity contribution in [3.05, 3.63) is 48.5 Å². The number of amidine groups is 1. The third-order valence-corrected chi connectivity index (χ3v) is 3.70. The first-order valence-corrected chi connectivity index (χ1v) is 7.47. The molecule has 108 valence electrons. The largest absolute Gasteiger partial charge is 0.453 e. The molecule has 3 nitrogen and oxygen atoms in total. The van der Waals surface area contributed by atoms with Gasteiger partial charge in [-0.2, -0.15) is 0 Å². The number of fused-ring (bicyclic) bond motifs is 2. The minimum absolute atomic E-state index is 0.883. The molecule has 0 saturated heterocycles. The topological polar surface area (TPSA) is 24.8 Å². The third kappa shape index (κ3) is 2.51. The number of hydrogen-bond acceptors (Lipinski definition) is 2. The molecule has 0 amide bonds. The predicted molar refractivity (Wildman–Crippen MR) is 88.0 cm³/mol. The Labute approximate surface area is 125 Å². The highest BCUT2D eigenvalue weighted by Crippen LogP contribution is 2.46. The second kappa shape index (κ2) is 6.00. The lowest BCUT2D eigenvalue weighted by Gasteiger charge is -2.33. The molecule has 2 aromatic carbocycles. The Hall–Kier alpha value is -2.29. The van der Waals surface area contributed by atoms with E-state index >= 15 is 0 Å². The number of unbranched alkanes of at least 4 members (excludes halogenated alkanes) is 1. The molecule has 0 fully saturated rings. The van der Waals surface area contributed by atoms with E-state index in [0.717, 1.165) is 48.0 Å². The summed E-state index contributed by atoms with van der Waals surface area (Å²) in [6.45, 7) is 2.20. The van der Waals surface area contributed by atoms with E-state index in [9.17, 15) is 0 Å². The standard InChI is InChI=1S/C18H20N2O/c1-3-4-13-18(19-2)20-14-9-5-7-11-16(14)21-17-12-8-6-10-15(17)20/h5-12H,3-4,13H2,1-2H3/b19-18-. The molecule has 0 radical (unpaired) electrons. The molecule has 0 aliphatic carbocycles. The molecule has 1 aliphatic heterocycles. The van der Waals surface area contributed by atoms with Crippen LogP contribution in [0.3, 0.4) is 0 Å². The van der Waals surface area contributed by atoms with E-state index in [2.05, 4.69) is 28.9 Å². The minimum atomic E-state index is 0.883. The summed E-state index contributed by atoms with van der Waals surface area (Å²) < 4.78 is 6.01. The summed E-state index contributed by atoms with van der Waals surface area (Å²) in [6, 6.07) is 16.3. The third-order valence-electron chi connectivity index (χ3n) is 3.70. The first kappa shape index (κ1) is 13.7. The SMILES string of the molecule is CCCC/C(=N/C)N1c2ccccc2Oc2ccccc21. The van der Waals surface area contributed by atoms with Crippen LogP contribution in [0.5, 0.6) is 11.5 Å². The van der Waals surface area contributed by atoms with Crippen LogP contribution in [0.4, 0.5) is 11.4 Å². The van der Waals surface area contributed by atoms with Crippen LogP contribution < -0.4 is 9.64 Å². The number of benzene rings is 2. The lowest BCUT2D eigenvalue weighted by atomic mass is 10.1. The molecule has 1 aliphatic rings. The number of ether oxygens (including phenoxy) is 1. The van der Waals surface area contributed by atoms with Crippen LogP contribution in [-0.4, -0.2) is 12.9 Å². The van der Waals surface area contributed by atoms with Gasteiger partial charge in [-0.05, 0) is 30.7 Å². The summed E-state index contributed by atoms with van der Waals surface area (Å²) in [6.07, 6.45) is 3.26. The van der Waals surface area contributed by atoms with Gasteiger partial charge in [-0.3, -0.25) is 9.89 Å². The van der Waals surface area contributed by atoms with Gasteiger partial charge in [0.2, 0.25) is 0 Å². The van der Waals surface area contributed by atoms with Gasteiger partial charge in [0.05, 0.1) is 11.4 Å². The minimum Gasteiger partial charge on any atom is -0.453 e. The number of anilines is 2. The zero-order chi connectivity index (χ0) is 14.7. The molecule has 2 aromatic rings. The average molecular weight is 280 g/mol.